The fourth-order valence-electron chi connectivity index (χ4n) is 2.18. The van der Waals surface area contributed by atoms with E-state index < -0.39 is 18.5 Å². The van der Waals surface area contributed by atoms with Crippen molar-refractivity contribution in [2.45, 2.75) is 0 Å². The second-order valence-electron chi connectivity index (χ2n) is 5.01. The Labute approximate surface area is 154 Å². The summed E-state index contributed by atoms with van der Waals surface area (Å²) >= 11 is 5.77. The number of hydrogen-bond donors (Lipinski definition) is 1. The molecule has 0 spiro atoms. The first-order chi connectivity index (χ1) is 12.5. The van der Waals surface area contributed by atoms with Crippen LogP contribution >= 0.6 is 11.6 Å². The molecule has 7 nitrogen and oxygen atoms in total. The lowest BCUT2D eigenvalue weighted by molar-refractivity contribution is -0.119. The zero-order valence-electron chi connectivity index (χ0n) is 14.1. The number of carbonyl (C=O) groups excluding carboxylic acids is 3. The molecule has 1 amide bonds. The molecule has 0 heterocycles. The highest BCUT2D eigenvalue weighted by Crippen LogP contribution is 2.33. The Morgan fingerprint density at radius 3 is 2.35 bits per heavy atom. The van der Waals surface area contributed by atoms with E-state index in [-0.39, 0.29) is 22.6 Å². The molecule has 0 radical (unpaired) electrons. The summed E-state index contributed by atoms with van der Waals surface area (Å²) < 4.78 is 15.2. The third-order valence-electron chi connectivity index (χ3n) is 3.37. The lowest BCUT2D eigenvalue weighted by Crippen LogP contribution is -2.21. The summed E-state index contributed by atoms with van der Waals surface area (Å²) in [5.41, 5.74) is 0.454. The van der Waals surface area contributed by atoms with Crippen LogP contribution in [0, 0.1) is 0 Å². The number of benzene rings is 2. The van der Waals surface area contributed by atoms with Crippen LogP contribution in [0.2, 0.25) is 5.02 Å². The number of halogens is 1. The second kappa shape index (κ2) is 8.87. The van der Waals surface area contributed by atoms with E-state index in [1.165, 1.54) is 26.4 Å². The summed E-state index contributed by atoms with van der Waals surface area (Å²) in [7, 11) is 2.73. The standard InChI is InChI=1S/C18H16ClNO6/c1-24-14-8-3-11(9-21)16(17(14)25-2)18(23)26-10-15(22)20-13-6-4-12(19)5-7-13/h3-9H,10H2,1-2H3,(H,20,22). The molecule has 2 aromatic carbocycles. The van der Waals surface area contributed by atoms with Crippen molar-refractivity contribution < 1.29 is 28.6 Å². The second-order valence-corrected chi connectivity index (χ2v) is 5.45. The zero-order valence-corrected chi connectivity index (χ0v) is 14.8. The van der Waals surface area contributed by atoms with Gasteiger partial charge in [-0.25, -0.2) is 4.79 Å². The van der Waals surface area contributed by atoms with Gasteiger partial charge in [0.15, 0.2) is 24.4 Å². The third-order valence-corrected chi connectivity index (χ3v) is 3.62. The molecule has 26 heavy (non-hydrogen) atoms. The van der Waals surface area contributed by atoms with E-state index in [4.69, 9.17) is 25.8 Å². The van der Waals surface area contributed by atoms with Gasteiger partial charge in [-0.15, -0.1) is 0 Å². The molecule has 136 valence electrons. The fourth-order valence-corrected chi connectivity index (χ4v) is 2.31. The van der Waals surface area contributed by atoms with Crippen molar-refractivity contribution in [3.8, 4) is 11.5 Å². The molecule has 0 saturated carbocycles. The number of hydrogen-bond acceptors (Lipinski definition) is 6. The van der Waals surface area contributed by atoms with Crippen molar-refractivity contribution in [3.63, 3.8) is 0 Å². The Morgan fingerprint density at radius 2 is 1.77 bits per heavy atom. The van der Waals surface area contributed by atoms with Gasteiger partial charge in [0.05, 0.1) is 14.2 Å². The van der Waals surface area contributed by atoms with Gasteiger partial charge in [-0.2, -0.15) is 0 Å². The molecule has 8 heteroatoms. The highest BCUT2D eigenvalue weighted by atomic mass is 35.5. The number of methoxy groups -OCH3 is 2. The topological polar surface area (TPSA) is 90.9 Å². The summed E-state index contributed by atoms with van der Waals surface area (Å²) in [6.45, 7) is -0.542. The van der Waals surface area contributed by atoms with Crippen LogP contribution in [0.4, 0.5) is 5.69 Å². The number of esters is 1. The number of aldehydes is 1. The number of rotatable bonds is 7. The average Bonchev–Trinajstić information content (AvgIpc) is 2.66. The van der Waals surface area contributed by atoms with Crippen molar-refractivity contribution in [2.24, 2.45) is 0 Å². The Balaban J connectivity index is 2.10. The van der Waals surface area contributed by atoms with E-state index in [2.05, 4.69) is 5.32 Å². The van der Waals surface area contributed by atoms with Gasteiger partial charge >= 0.3 is 5.97 Å². The number of nitrogens with one attached hydrogen (secondary N) is 1. The van der Waals surface area contributed by atoms with E-state index in [0.717, 1.165) is 0 Å². The van der Waals surface area contributed by atoms with Gasteiger partial charge in [-0.3, -0.25) is 9.59 Å². The molecule has 0 atom stereocenters. The Kier molecular flexibility index (Phi) is 6.57. The van der Waals surface area contributed by atoms with Crippen molar-refractivity contribution in [2.75, 3.05) is 26.1 Å². The fraction of sp³-hybridized carbons (Fsp3) is 0.167. The first-order valence-corrected chi connectivity index (χ1v) is 7.80. The average molecular weight is 378 g/mol. The molecule has 0 saturated heterocycles. The van der Waals surface area contributed by atoms with Crippen molar-refractivity contribution in [3.05, 3.63) is 52.5 Å². The molecule has 0 aliphatic carbocycles. The van der Waals surface area contributed by atoms with Crippen LogP contribution in [0.3, 0.4) is 0 Å². The lowest BCUT2D eigenvalue weighted by atomic mass is 10.1. The molecule has 2 rings (SSSR count). The smallest absolute Gasteiger partial charge is 0.343 e. The summed E-state index contributed by atoms with van der Waals surface area (Å²) in [4.78, 5) is 35.5. The number of anilines is 1. The predicted molar refractivity (Wildman–Crippen MR) is 95.3 cm³/mol. The maximum atomic E-state index is 12.4. The first-order valence-electron chi connectivity index (χ1n) is 7.42. The number of carbonyl (C=O) groups is 3. The van der Waals surface area contributed by atoms with Gasteiger partial charge in [0, 0.05) is 16.3 Å². The summed E-state index contributed by atoms with van der Waals surface area (Å²) in [5, 5.41) is 3.08. The minimum absolute atomic E-state index is 0.0557. The van der Waals surface area contributed by atoms with E-state index in [0.29, 0.717) is 17.0 Å². The normalized spacial score (nSPS) is 9.96. The van der Waals surface area contributed by atoms with Crippen molar-refractivity contribution >= 4 is 35.5 Å². The van der Waals surface area contributed by atoms with Crippen LogP contribution in [0.25, 0.3) is 0 Å². The monoisotopic (exact) mass is 377 g/mol. The molecule has 0 unspecified atom stereocenters. The minimum Gasteiger partial charge on any atom is -0.493 e. The van der Waals surface area contributed by atoms with Crippen LogP contribution in [0.15, 0.2) is 36.4 Å². The number of amides is 1. The van der Waals surface area contributed by atoms with Gasteiger partial charge in [0.1, 0.15) is 5.56 Å². The van der Waals surface area contributed by atoms with Crippen LogP contribution in [0.5, 0.6) is 11.5 Å². The Hall–Kier alpha value is -3.06. The van der Waals surface area contributed by atoms with Gasteiger partial charge in [-0.1, -0.05) is 11.6 Å². The molecule has 0 aromatic heterocycles. The quantitative estimate of drug-likeness (QED) is 0.589. The highest BCUT2D eigenvalue weighted by Gasteiger charge is 2.23. The molecular weight excluding hydrogens is 362 g/mol. The van der Waals surface area contributed by atoms with Crippen LogP contribution < -0.4 is 14.8 Å². The summed E-state index contributed by atoms with van der Waals surface area (Å²) in [6.07, 6.45) is 0.492. The molecule has 0 aliphatic rings. The number of ether oxygens (including phenoxy) is 3. The van der Waals surface area contributed by atoms with Gasteiger partial charge < -0.3 is 19.5 Å². The van der Waals surface area contributed by atoms with Crippen LogP contribution in [-0.2, 0) is 9.53 Å². The third kappa shape index (κ3) is 4.52. The highest BCUT2D eigenvalue weighted by molar-refractivity contribution is 6.30. The molecule has 0 fully saturated rings. The molecule has 0 aliphatic heterocycles. The molecule has 1 N–H and O–H groups in total. The maximum Gasteiger partial charge on any atom is 0.343 e. The van der Waals surface area contributed by atoms with Gasteiger partial charge in [0.25, 0.3) is 5.91 Å². The zero-order chi connectivity index (χ0) is 19.1. The molecule has 0 bridgehead atoms. The maximum absolute atomic E-state index is 12.4. The van der Waals surface area contributed by atoms with Gasteiger partial charge in [0.2, 0.25) is 0 Å². The minimum atomic E-state index is -0.880. The van der Waals surface area contributed by atoms with E-state index in [1.54, 1.807) is 24.3 Å². The summed E-state index contributed by atoms with van der Waals surface area (Å²) in [5.74, 6) is -1.11. The van der Waals surface area contributed by atoms with E-state index in [9.17, 15) is 14.4 Å². The van der Waals surface area contributed by atoms with Crippen LogP contribution in [-0.4, -0.2) is 39.0 Å². The summed E-state index contributed by atoms with van der Waals surface area (Å²) in [6, 6.07) is 9.34. The van der Waals surface area contributed by atoms with Crippen molar-refractivity contribution in [1.82, 2.24) is 0 Å². The lowest BCUT2D eigenvalue weighted by Gasteiger charge is -2.14. The van der Waals surface area contributed by atoms with E-state index >= 15 is 0 Å². The van der Waals surface area contributed by atoms with E-state index in [1.807, 2.05) is 0 Å². The van der Waals surface area contributed by atoms with Gasteiger partial charge in [-0.05, 0) is 36.4 Å². The molecule has 2 aromatic rings. The largest absolute Gasteiger partial charge is 0.493 e. The SMILES string of the molecule is COc1ccc(C=O)c(C(=O)OCC(=O)Nc2ccc(Cl)cc2)c1OC. The Morgan fingerprint density at radius 1 is 1.08 bits per heavy atom. The Bertz CT molecular complexity index is 819. The first kappa shape index (κ1) is 19.3. The predicted octanol–water partition coefficient (Wildman–Crippen LogP) is 2.97. The van der Waals surface area contributed by atoms with Crippen LogP contribution in [0.1, 0.15) is 20.7 Å². The van der Waals surface area contributed by atoms with Crippen molar-refractivity contribution in [1.29, 1.82) is 0 Å². The molecular formula is C18H16ClNO6.